The molecule has 0 atom stereocenters. The highest BCUT2D eigenvalue weighted by Gasteiger charge is 2.32. The van der Waals surface area contributed by atoms with Gasteiger partial charge in [0, 0.05) is 49.4 Å². The van der Waals surface area contributed by atoms with Crippen LogP contribution in [0.5, 0.6) is 11.5 Å². The number of nitrogens with one attached hydrogen (secondary N) is 1. The highest BCUT2D eigenvalue weighted by molar-refractivity contribution is 8.26. The molecule has 246 valence electrons. The van der Waals surface area contributed by atoms with Gasteiger partial charge in [-0.2, -0.15) is 0 Å². The molecule has 3 aromatic rings. The van der Waals surface area contributed by atoms with Gasteiger partial charge in [0.1, 0.15) is 22.4 Å². The lowest BCUT2D eigenvalue weighted by Crippen LogP contribution is -2.38. The predicted octanol–water partition coefficient (Wildman–Crippen LogP) is 6.04. The normalized spacial score (nSPS) is 16.0. The van der Waals surface area contributed by atoms with Gasteiger partial charge in [0.2, 0.25) is 5.91 Å². The molecule has 2 amide bonds. The molecule has 0 aromatic heterocycles. The Kier molecular flexibility index (Phi) is 11.9. The summed E-state index contributed by atoms with van der Waals surface area (Å²) in [5.74, 6) is -0.395. The van der Waals surface area contributed by atoms with E-state index in [2.05, 4.69) is 10.2 Å². The van der Waals surface area contributed by atoms with E-state index in [1.165, 1.54) is 40.9 Å². The van der Waals surface area contributed by atoms with Crippen molar-refractivity contribution in [3.8, 4) is 22.6 Å². The average molecular weight is 696 g/mol. The Morgan fingerprint density at radius 1 is 1.06 bits per heavy atom. The number of ether oxygens (including phenoxy) is 3. The summed E-state index contributed by atoms with van der Waals surface area (Å²) in [7, 11) is 0. The third-order valence-corrected chi connectivity index (χ3v) is 9.17. The number of anilines is 1. The Morgan fingerprint density at radius 3 is 2.53 bits per heavy atom. The Balaban J connectivity index is 1.31. The number of hydrogen-bond acceptors (Lipinski definition) is 9. The maximum Gasteiger partial charge on any atom is 0.335 e. The first-order chi connectivity index (χ1) is 22.7. The van der Waals surface area contributed by atoms with Crippen LogP contribution in [-0.2, 0) is 14.3 Å². The molecule has 0 bridgehead atoms. The second kappa shape index (κ2) is 16.2. The number of carbonyl (C=O) groups excluding carboxylic acids is 2. The minimum atomic E-state index is -1.05. The fourth-order valence-corrected chi connectivity index (χ4v) is 6.60. The Labute approximate surface area is 287 Å². The zero-order valence-electron chi connectivity index (χ0n) is 25.7. The van der Waals surface area contributed by atoms with E-state index in [1.807, 2.05) is 37.3 Å². The Morgan fingerprint density at radius 2 is 1.83 bits per heavy atom. The number of carbonyl (C=O) groups is 3. The summed E-state index contributed by atoms with van der Waals surface area (Å²) >= 11 is 13.3. The van der Waals surface area contributed by atoms with Crippen molar-refractivity contribution >= 4 is 69.4 Å². The molecule has 47 heavy (non-hydrogen) atoms. The van der Waals surface area contributed by atoms with Crippen LogP contribution in [0.4, 0.5) is 5.69 Å². The molecular weight excluding hydrogens is 662 g/mol. The van der Waals surface area contributed by atoms with E-state index in [9.17, 15) is 14.4 Å². The van der Waals surface area contributed by atoms with Crippen LogP contribution in [0, 0.1) is 0 Å². The third-order valence-electron chi connectivity index (χ3n) is 7.48. The summed E-state index contributed by atoms with van der Waals surface area (Å²) < 4.78 is 17.6. The molecule has 0 unspecified atom stereocenters. The van der Waals surface area contributed by atoms with E-state index in [0.717, 1.165) is 30.8 Å². The van der Waals surface area contributed by atoms with E-state index in [-0.39, 0.29) is 30.3 Å². The lowest BCUT2D eigenvalue weighted by Gasteiger charge is -2.26. The van der Waals surface area contributed by atoms with Gasteiger partial charge in [-0.15, -0.1) is 0 Å². The molecule has 13 heteroatoms. The van der Waals surface area contributed by atoms with Crippen LogP contribution < -0.4 is 14.8 Å². The van der Waals surface area contributed by atoms with Crippen LogP contribution in [0.15, 0.2) is 65.6 Å². The van der Waals surface area contributed by atoms with Crippen LogP contribution in [0.2, 0.25) is 5.02 Å². The van der Waals surface area contributed by atoms with Crippen molar-refractivity contribution in [2.75, 3.05) is 57.9 Å². The zero-order chi connectivity index (χ0) is 33.3. The van der Waals surface area contributed by atoms with Gasteiger partial charge in [-0.05, 0) is 73.2 Å². The molecule has 2 N–H and O–H groups in total. The summed E-state index contributed by atoms with van der Waals surface area (Å²) in [5.41, 5.74) is 2.91. The standard InChI is InChI=1S/C34H34ClN3O7S2/c1-2-44-26-8-9-27(28(35)21-26)23-5-10-29(45-18-15-37-13-16-43-17-14-37)24(19-23)20-30-32(40)38(34(46)47-30)12-11-31(39)36-25-6-3-22(4-7-25)33(41)42/h3-10,19-21H,2,11-18H2,1H3,(H,36,39)(H,41,42)/b30-20-. The number of rotatable bonds is 13. The summed E-state index contributed by atoms with van der Waals surface area (Å²) in [4.78, 5) is 41.3. The molecular formula is C34H34ClN3O7S2. The van der Waals surface area contributed by atoms with Gasteiger partial charge in [0.05, 0.1) is 35.3 Å². The van der Waals surface area contributed by atoms with Gasteiger partial charge >= 0.3 is 5.97 Å². The van der Waals surface area contributed by atoms with Crippen molar-refractivity contribution in [1.82, 2.24) is 9.80 Å². The largest absolute Gasteiger partial charge is 0.494 e. The van der Waals surface area contributed by atoms with Crippen molar-refractivity contribution in [2.24, 2.45) is 0 Å². The summed E-state index contributed by atoms with van der Waals surface area (Å²) in [6.07, 6.45) is 1.77. The first-order valence-corrected chi connectivity index (χ1v) is 16.7. The van der Waals surface area contributed by atoms with Crippen molar-refractivity contribution in [3.05, 3.63) is 81.7 Å². The van der Waals surface area contributed by atoms with Gasteiger partial charge in [0.15, 0.2) is 0 Å². The number of thiocarbonyl (C=S) groups is 1. The molecule has 5 rings (SSSR count). The highest BCUT2D eigenvalue weighted by atomic mass is 35.5. The number of nitrogens with zero attached hydrogens (tertiary/aromatic N) is 2. The van der Waals surface area contributed by atoms with Crippen LogP contribution in [0.25, 0.3) is 17.2 Å². The summed E-state index contributed by atoms with van der Waals surface area (Å²) in [6, 6.07) is 17.1. The number of amides is 2. The molecule has 10 nitrogen and oxygen atoms in total. The molecule has 2 aliphatic rings. The maximum atomic E-state index is 13.5. The van der Waals surface area contributed by atoms with Gasteiger partial charge < -0.3 is 24.6 Å². The summed E-state index contributed by atoms with van der Waals surface area (Å²) in [5, 5.41) is 12.3. The van der Waals surface area contributed by atoms with E-state index >= 15 is 0 Å². The second-order valence-electron chi connectivity index (χ2n) is 10.6. The first kappa shape index (κ1) is 34.4. The monoisotopic (exact) mass is 695 g/mol. The van der Waals surface area contributed by atoms with E-state index in [1.54, 1.807) is 12.1 Å². The van der Waals surface area contributed by atoms with E-state index < -0.39 is 5.97 Å². The van der Waals surface area contributed by atoms with Crippen molar-refractivity contribution in [1.29, 1.82) is 0 Å². The number of morpholine rings is 1. The predicted molar refractivity (Wildman–Crippen MR) is 187 cm³/mol. The maximum absolute atomic E-state index is 13.5. The molecule has 0 radical (unpaired) electrons. The molecule has 0 saturated carbocycles. The van der Waals surface area contributed by atoms with Crippen molar-refractivity contribution < 1.29 is 33.7 Å². The van der Waals surface area contributed by atoms with Crippen LogP contribution in [0.3, 0.4) is 0 Å². The lowest BCUT2D eigenvalue weighted by atomic mass is 10.0. The number of benzene rings is 3. The van der Waals surface area contributed by atoms with Crippen molar-refractivity contribution in [3.63, 3.8) is 0 Å². The topological polar surface area (TPSA) is 118 Å². The molecule has 0 aliphatic carbocycles. The summed E-state index contributed by atoms with van der Waals surface area (Å²) in [6.45, 7) is 6.83. The van der Waals surface area contributed by atoms with E-state index in [4.69, 9.17) is 43.1 Å². The molecule has 3 aromatic carbocycles. The van der Waals surface area contributed by atoms with E-state index in [0.29, 0.717) is 63.4 Å². The molecule has 2 fully saturated rings. The fraction of sp³-hybridized carbons (Fsp3) is 0.294. The van der Waals surface area contributed by atoms with Crippen LogP contribution in [-0.4, -0.2) is 89.6 Å². The van der Waals surface area contributed by atoms with Gasteiger partial charge in [-0.25, -0.2) is 4.79 Å². The lowest BCUT2D eigenvalue weighted by molar-refractivity contribution is -0.122. The zero-order valence-corrected chi connectivity index (χ0v) is 28.1. The minimum Gasteiger partial charge on any atom is -0.494 e. The quantitative estimate of drug-likeness (QED) is 0.162. The van der Waals surface area contributed by atoms with Gasteiger partial charge in [-0.3, -0.25) is 19.4 Å². The number of aromatic carboxylic acids is 1. The second-order valence-corrected chi connectivity index (χ2v) is 12.7. The van der Waals surface area contributed by atoms with Gasteiger partial charge in [-0.1, -0.05) is 41.6 Å². The first-order valence-electron chi connectivity index (χ1n) is 15.1. The van der Waals surface area contributed by atoms with Gasteiger partial charge in [0.25, 0.3) is 5.91 Å². The number of halogens is 1. The molecule has 2 aliphatic heterocycles. The Hall–Kier alpha value is -3.94. The average Bonchev–Trinajstić information content (AvgIpc) is 3.32. The number of carboxylic acids is 1. The van der Waals surface area contributed by atoms with Crippen LogP contribution in [0.1, 0.15) is 29.3 Å². The molecule has 2 heterocycles. The third kappa shape index (κ3) is 9.11. The minimum absolute atomic E-state index is 0.00201. The smallest absolute Gasteiger partial charge is 0.335 e. The fourth-order valence-electron chi connectivity index (χ4n) is 5.02. The van der Waals surface area contributed by atoms with Crippen LogP contribution >= 0.6 is 35.6 Å². The Bertz CT molecular complexity index is 1680. The number of thioether (sulfide) groups is 1. The number of hydrogen-bond donors (Lipinski definition) is 2. The van der Waals surface area contributed by atoms with Crippen molar-refractivity contribution in [2.45, 2.75) is 13.3 Å². The SMILES string of the molecule is CCOc1ccc(-c2ccc(OCCN3CCOCC3)c(/C=C3\SC(=S)N(CCC(=O)Nc4ccc(C(=O)O)cc4)C3=O)c2)c(Cl)c1. The molecule has 0 spiro atoms. The highest BCUT2D eigenvalue weighted by Crippen LogP contribution is 2.38. The molecule has 2 saturated heterocycles. The number of carboxylic acid groups (broad SMARTS) is 1.